The largest absolute Gasteiger partial charge is 0.333 e. The van der Waals surface area contributed by atoms with E-state index in [9.17, 15) is 9.59 Å². The molecule has 1 atom stereocenters. The summed E-state index contributed by atoms with van der Waals surface area (Å²) in [5.41, 5.74) is 2.89. The molecule has 0 aromatic heterocycles. The van der Waals surface area contributed by atoms with E-state index in [2.05, 4.69) is 28.2 Å². The molecule has 2 aromatic carbocycles. The summed E-state index contributed by atoms with van der Waals surface area (Å²) >= 11 is 3.40. The maximum Gasteiger partial charge on any atom is 0.277 e. The van der Waals surface area contributed by atoms with Gasteiger partial charge in [0, 0.05) is 22.8 Å². The molecule has 0 unspecified atom stereocenters. The van der Waals surface area contributed by atoms with Crippen LogP contribution in [0.4, 0.5) is 5.69 Å². The Labute approximate surface area is 162 Å². The zero-order valence-electron chi connectivity index (χ0n) is 15.3. The van der Waals surface area contributed by atoms with Crippen molar-refractivity contribution in [1.29, 1.82) is 0 Å². The average molecular weight is 419 g/mol. The van der Waals surface area contributed by atoms with Crippen LogP contribution in [0.5, 0.6) is 0 Å². The molecule has 26 heavy (non-hydrogen) atoms. The van der Waals surface area contributed by atoms with E-state index < -0.39 is 0 Å². The monoisotopic (exact) mass is 418 g/mol. The lowest BCUT2D eigenvalue weighted by Gasteiger charge is -2.18. The Hall–Kier alpha value is -2.18. The number of carbonyl (C=O) groups is 2. The Morgan fingerprint density at radius 3 is 2.54 bits per heavy atom. The Morgan fingerprint density at radius 2 is 1.88 bits per heavy atom. The second-order valence-electron chi connectivity index (χ2n) is 6.40. The van der Waals surface area contributed by atoms with E-state index >= 15 is 0 Å². The number of hydrogen-bond donors (Lipinski definition) is 2. The lowest BCUT2D eigenvalue weighted by molar-refractivity contribution is -0.683. The van der Waals surface area contributed by atoms with Gasteiger partial charge in [0.15, 0.2) is 6.54 Å². The third-order valence-electron chi connectivity index (χ3n) is 4.24. The lowest BCUT2D eigenvalue weighted by Crippen LogP contribution is -2.87. The Balaban J connectivity index is 1.81. The number of halogens is 1. The molecule has 2 amide bonds. The van der Waals surface area contributed by atoms with Crippen molar-refractivity contribution in [3.63, 3.8) is 0 Å². The summed E-state index contributed by atoms with van der Waals surface area (Å²) in [4.78, 5) is 25.9. The van der Waals surface area contributed by atoms with Crippen molar-refractivity contribution in [1.82, 2.24) is 4.90 Å². The number of likely N-dealkylation sites (N-methyl/N-ethyl adjacent to an activating group) is 1. The van der Waals surface area contributed by atoms with Crippen LogP contribution < -0.4 is 10.6 Å². The fourth-order valence-corrected chi connectivity index (χ4v) is 3.06. The zero-order valence-corrected chi connectivity index (χ0v) is 16.9. The molecule has 0 radical (unpaired) electrons. The summed E-state index contributed by atoms with van der Waals surface area (Å²) in [7, 11) is 1.65. The fourth-order valence-electron chi connectivity index (χ4n) is 2.59. The molecule has 0 saturated carbocycles. The van der Waals surface area contributed by atoms with E-state index in [4.69, 9.17) is 0 Å². The van der Waals surface area contributed by atoms with Crippen molar-refractivity contribution in [2.24, 2.45) is 0 Å². The molecule has 0 spiro atoms. The number of anilines is 1. The number of aryl methyl sites for hydroxylation is 1. The van der Waals surface area contributed by atoms with Crippen molar-refractivity contribution in [2.45, 2.75) is 19.9 Å². The van der Waals surface area contributed by atoms with Crippen LogP contribution in [0.25, 0.3) is 0 Å². The Bertz CT molecular complexity index is 765. The van der Waals surface area contributed by atoms with Gasteiger partial charge in [-0.2, -0.15) is 0 Å². The number of nitrogens with two attached hydrogens (primary N) is 1. The van der Waals surface area contributed by atoms with Crippen molar-refractivity contribution in [3.8, 4) is 0 Å². The summed E-state index contributed by atoms with van der Waals surface area (Å²) in [6, 6.07) is 15.9. The summed E-state index contributed by atoms with van der Waals surface area (Å²) in [5.74, 6) is -0.280. The minimum atomic E-state index is -0.206. The van der Waals surface area contributed by atoms with Crippen LogP contribution in [0.15, 0.2) is 53.0 Å². The molecule has 0 aliphatic carbocycles. The van der Waals surface area contributed by atoms with Gasteiger partial charge in [-0.25, -0.2) is 0 Å². The molecule has 0 heterocycles. The molecular formula is C20H25BrN3O2+. The highest BCUT2D eigenvalue weighted by Crippen LogP contribution is 2.19. The van der Waals surface area contributed by atoms with Gasteiger partial charge >= 0.3 is 0 Å². The van der Waals surface area contributed by atoms with E-state index in [1.807, 2.05) is 60.8 Å². The van der Waals surface area contributed by atoms with Crippen LogP contribution in [0.3, 0.4) is 0 Å². The fraction of sp³-hybridized carbons (Fsp3) is 0.300. The quantitative estimate of drug-likeness (QED) is 0.724. The summed E-state index contributed by atoms with van der Waals surface area (Å²) in [6.45, 7) is 4.32. The number of hydrogen-bond acceptors (Lipinski definition) is 2. The minimum absolute atomic E-state index is 0.0297. The van der Waals surface area contributed by atoms with Gasteiger partial charge in [0.2, 0.25) is 5.91 Å². The van der Waals surface area contributed by atoms with Crippen molar-refractivity contribution in [2.75, 3.05) is 25.5 Å². The number of rotatable bonds is 7. The van der Waals surface area contributed by atoms with Crippen LogP contribution >= 0.6 is 15.9 Å². The standard InChI is InChI=1S/C20H24BrN3O2/c1-14-11-17(21)9-10-18(14)23-19(25)13-24(3)20(26)12-22-15(2)16-7-5-4-6-8-16/h4-11,15,22H,12-13H2,1-3H3,(H,23,25)/p+1/t15-/m0/s1. The van der Waals surface area contributed by atoms with Gasteiger partial charge in [-0.1, -0.05) is 46.3 Å². The van der Waals surface area contributed by atoms with Gasteiger partial charge in [0.05, 0.1) is 6.54 Å². The highest BCUT2D eigenvalue weighted by Gasteiger charge is 2.17. The third kappa shape index (κ3) is 5.97. The van der Waals surface area contributed by atoms with Crippen LogP contribution in [-0.2, 0) is 9.59 Å². The molecule has 5 nitrogen and oxygen atoms in total. The second-order valence-corrected chi connectivity index (χ2v) is 7.31. The van der Waals surface area contributed by atoms with Crippen LogP contribution in [0.2, 0.25) is 0 Å². The molecule has 0 bridgehead atoms. The van der Waals surface area contributed by atoms with Gasteiger partial charge in [-0.3, -0.25) is 9.59 Å². The molecule has 0 aliphatic rings. The first kappa shape index (κ1) is 20.1. The summed E-state index contributed by atoms with van der Waals surface area (Å²) in [5, 5.41) is 4.83. The van der Waals surface area contributed by atoms with Crippen LogP contribution in [0, 0.1) is 6.92 Å². The smallest absolute Gasteiger partial charge is 0.277 e. The topological polar surface area (TPSA) is 66.0 Å². The normalized spacial score (nSPS) is 11.7. The van der Waals surface area contributed by atoms with E-state index in [-0.39, 0.29) is 24.4 Å². The van der Waals surface area contributed by atoms with Gasteiger partial charge in [-0.05, 0) is 37.6 Å². The SMILES string of the molecule is Cc1cc(Br)ccc1NC(=O)CN(C)C(=O)C[NH2+][C@@H](C)c1ccccc1. The molecular weight excluding hydrogens is 394 g/mol. The Kier molecular flexibility index (Phi) is 7.36. The molecule has 0 aliphatic heterocycles. The molecule has 2 rings (SSSR count). The van der Waals surface area contributed by atoms with Gasteiger partial charge in [-0.15, -0.1) is 0 Å². The van der Waals surface area contributed by atoms with Gasteiger partial charge in [0.1, 0.15) is 6.04 Å². The average Bonchev–Trinajstić information content (AvgIpc) is 2.62. The van der Waals surface area contributed by atoms with E-state index in [1.54, 1.807) is 7.05 Å². The number of nitrogens with one attached hydrogen (secondary N) is 1. The number of amides is 2. The molecule has 3 N–H and O–H groups in total. The molecule has 2 aromatic rings. The van der Waals surface area contributed by atoms with Crippen molar-refractivity contribution >= 4 is 33.4 Å². The zero-order chi connectivity index (χ0) is 19.1. The Morgan fingerprint density at radius 1 is 1.19 bits per heavy atom. The number of carbonyl (C=O) groups excluding carboxylic acids is 2. The molecule has 0 saturated heterocycles. The molecule has 6 heteroatoms. The molecule has 0 fully saturated rings. The first-order valence-electron chi connectivity index (χ1n) is 8.55. The lowest BCUT2D eigenvalue weighted by atomic mass is 10.1. The highest BCUT2D eigenvalue weighted by molar-refractivity contribution is 9.10. The van der Waals surface area contributed by atoms with Crippen LogP contribution in [0.1, 0.15) is 24.1 Å². The highest BCUT2D eigenvalue weighted by atomic mass is 79.9. The first-order valence-corrected chi connectivity index (χ1v) is 9.34. The first-order chi connectivity index (χ1) is 12.4. The summed E-state index contributed by atoms with van der Waals surface area (Å²) < 4.78 is 0.961. The molecule has 138 valence electrons. The van der Waals surface area contributed by atoms with Gasteiger partial charge in [0.25, 0.3) is 5.91 Å². The predicted octanol–water partition coefficient (Wildman–Crippen LogP) is 2.48. The maximum absolute atomic E-state index is 12.3. The minimum Gasteiger partial charge on any atom is -0.333 e. The number of quaternary nitrogens is 1. The van der Waals surface area contributed by atoms with Crippen molar-refractivity contribution in [3.05, 3.63) is 64.1 Å². The maximum atomic E-state index is 12.3. The van der Waals surface area contributed by atoms with Crippen molar-refractivity contribution < 1.29 is 14.9 Å². The van der Waals surface area contributed by atoms with E-state index in [1.165, 1.54) is 10.5 Å². The van der Waals surface area contributed by atoms with E-state index in [0.29, 0.717) is 6.54 Å². The second kappa shape index (κ2) is 9.50. The van der Waals surface area contributed by atoms with E-state index in [0.717, 1.165) is 15.7 Å². The third-order valence-corrected chi connectivity index (χ3v) is 4.73. The predicted molar refractivity (Wildman–Crippen MR) is 107 cm³/mol. The van der Waals surface area contributed by atoms with Crippen LogP contribution in [-0.4, -0.2) is 36.9 Å². The number of nitrogens with zero attached hydrogens (tertiary/aromatic N) is 1. The van der Waals surface area contributed by atoms with Gasteiger partial charge < -0.3 is 15.5 Å². The number of benzene rings is 2. The summed E-state index contributed by atoms with van der Waals surface area (Å²) in [6.07, 6.45) is 0.